The quantitative estimate of drug-likeness (QED) is 0.635. The molecule has 0 fully saturated rings. The van der Waals surface area contributed by atoms with Crippen molar-refractivity contribution in [3.05, 3.63) is 67.0 Å². The second-order valence-electron chi connectivity index (χ2n) is 2.72. The zero-order valence-electron chi connectivity index (χ0n) is 7.61. The summed E-state index contributed by atoms with van der Waals surface area (Å²) in [6.07, 6.45) is 10.1. The van der Waals surface area contributed by atoms with Gasteiger partial charge in [-0.3, -0.25) is 4.98 Å². The minimum atomic E-state index is 0.864. The van der Waals surface area contributed by atoms with Gasteiger partial charge >= 0.3 is 0 Å². The first-order chi connectivity index (χ1) is 6.36. The van der Waals surface area contributed by atoms with Crippen molar-refractivity contribution in [2.75, 3.05) is 0 Å². The van der Waals surface area contributed by atoms with E-state index in [-0.39, 0.29) is 0 Å². The van der Waals surface area contributed by atoms with Crippen LogP contribution in [0.4, 0.5) is 0 Å². The third-order valence-electron chi connectivity index (χ3n) is 1.73. The van der Waals surface area contributed by atoms with Crippen LogP contribution in [0.15, 0.2) is 61.5 Å². The average Bonchev–Trinajstić information content (AvgIpc) is 2.19. The lowest BCUT2D eigenvalue weighted by Gasteiger charge is -1.99. The van der Waals surface area contributed by atoms with Gasteiger partial charge in [0.25, 0.3) is 0 Å². The van der Waals surface area contributed by atoms with Crippen LogP contribution < -0.4 is 0 Å². The summed E-state index contributed by atoms with van der Waals surface area (Å²) in [6, 6.07) is 3.98. The molecule has 0 spiro atoms. The van der Waals surface area contributed by atoms with Crippen molar-refractivity contribution in [2.24, 2.45) is 0 Å². The highest BCUT2D eigenvalue weighted by atomic mass is 14.6. The van der Waals surface area contributed by atoms with Gasteiger partial charge in [-0.2, -0.15) is 0 Å². The molecule has 0 aliphatic heterocycles. The second kappa shape index (κ2) is 5.09. The van der Waals surface area contributed by atoms with E-state index in [4.69, 9.17) is 0 Å². The fourth-order valence-corrected chi connectivity index (χ4v) is 1.09. The van der Waals surface area contributed by atoms with E-state index in [1.165, 1.54) is 5.56 Å². The maximum absolute atomic E-state index is 4.04. The minimum Gasteiger partial charge on any atom is -0.264 e. The third kappa shape index (κ3) is 3.08. The first-order valence-corrected chi connectivity index (χ1v) is 4.19. The van der Waals surface area contributed by atoms with Crippen LogP contribution in [0.3, 0.4) is 0 Å². The Morgan fingerprint density at radius 2 is 2.31 bits per heavy atom. The summed E-state index contributed by atoms with van der Waals surface area (Å²) < 4.78 is 0. The van der Waals surface area contributed by atoms with Crippen LogP contribution in [0.1, 0.15) is 5.56 Å². The number of nitrogens with zero attached hydrogens (tertiary/aromatic N) is 1. The molecular weight excluding hydrogens is 158 g/mol. The van der Waals surface area contributed by atoms with Gasteiger partial charge in [0.05, 0.1) is 0 Å². The van der Waals surface area contributed by atoms with E-state index in [1.54, 1.807) is 12.3 Å². The van der Waals surface area contributed by atoms with Crippen LogP contribution in [-0.2, 0) is 6.42 Å². The van der Waals surface area contributed by atoms with Gasteiger partial charge in [-0.05, 0) is 23.6 Å². The average molecular weight is 171 g/mol. The predicted molar refractivity (Wildman–Crippen MR) is 56.4 cm³/mol. The van der Waals surface area contributed by atoms with Gasteiger partial charge in [-0.1, -0.05) is 37.5 Å². The Kier molecular flexibility index (Phi) is 3.71. The Balaban J connectivity index is 2.73. The lowest BCUT2D eigenvalue weighted by atomic mass is 10.1. The Labute approximate surface area is 79.1 Å². The molecule has 0 amide bonds. The number of aromatic nitrogens is 1. The SMILES string of the molecule is C=C/C=C(\C=C)Cc1cccnc1. The highest BCUT2D eigenvalue weighted by Gasteiger charge is 1.93. The van der Waals surface area contributed by atoms with Crippen LogP contribution >= 0.6 is 0 Å². The van der Waals surface area contributed by atoms with Crippen molar-refractivity contribution in [1.82, 2.24) is 4.98 Å². The third-order valence-corrected chi connectivity index (χ3v) is 1.73. The molecule has 0 saturated heterocycles. The van der Waals surface area contributed by atoms with Gasteiger partial charge in [0.15, 0.2) is 0 Å². The van der Waals surface area contributed by atoms with Gasteiger partial charge < -0.3 is 0 Å². The summed E-state index contributed by atoms with van der Waals surface area (Å²) in [5.41, 5.74) is 2.35. The van der Waals surface area contributed by atoms with Crippen LogP contribution in [0, 0.1) is 0 Å². The van der Waals surface area contributed by atoms with Crippen molar-refractivity contribution in [3.8, 4) is 0 Å². The van der Waals surface area contributed by atoms with Gasteiger partial charge in [0, 0.05) is 12.4 Å². The smallest absolute Gasteiger partial charge is 0.0303 e. The van der Waals surface area contributed by atoms with Crippen molar-refractivity contribution in [3.63, 3.8) is 0 Å². The Morgan fingerprint density at radius 1 is 1.46 bits per heavy atom. The fraction of sp³-hybridized carbons (Fsp3) is 0.0833. The molecule has 0 aromatic carbocycles. The molecular formula is C12H13N. The molecule has 0 bridgehead atoms. The van der Waals surface area contributed by atoms with Gasteiger partial charge in [-0.25, -0.2) is 0 Å². The zero-order chi connectivity index (χ0) is 9.52. The van der Waals surface area contributed by atoms with Crippen LogP contribution in [-0.4, -0.2) is 4.98 Å². The van der Waals surface area contributed by atoms with Crippen LogP contribution in [0.5, 0.6) is 0 Å². The first-order valence-electron chi connectivity index (χ1n) is 4.19. The maximum Gasteiger partial charge on any atom is 0.0303 e. The molecule has 1 rings (SSSR count). The summed E-state index contributed by atoms with van der Waals surface area (Å²) >= 11 is 0. The molecule has 1 nitrogen and oxygen atoms in total. The van der Waals surface area contributed by atoms with Crippen molar-refractivity contribution < 1.29 is 0 Å². The molecule has 1 aromatic heterocycles. The highest BCUT2D eigenvalue weighted by Crippen LogP contribution is 2.07. The van der Waals surface area contributed by atoms with E-state index in [1.807, 2.05) is 30.5 Å². The molecule has 1 heteroatoms. The monoisotopic (exact) mass is 171 g/mol. The molecule has 0 radical (unpaired) electrons. The number of allylic oxidation sites excluding steroid dienone is 4. The number of hydrogen-bond acceptors (Lipinski definition) is 1. The van der Waals surface area contributed by atoms with Gasteiger partial charge in [0.2, 0.25) is 0 Å². The molecule has 0 saturated carbocycles. The number of rotatable bonds is 4. The van der Waals surface area contributed by atoms with Gasteiger partial charge in [0.1, 0.15) is 0 Å². The summed E-state index contributed by atoms with van der Waals surface area (Å²) in [4.78, 5) is 4.04. The summed E-state index contributed by atoms with van der Waals surface area (Å²) in [6.45, 7) is 7.39. The molecule has 66 valence electrons. The lowest BCUT2D eigenvalue weighted by Crippen LogP contribution is -1.87. The van der Waals surface area contributed by atoms with E-state index in [9.17, 15) is 0 Å². The highest BCUT2D eigenvalue weighted by molar-refractivity contribution is 5.27. The topological polar surface area (TPSA) is 12.9 Å². The Bertz CT molecular complexity index is 309. The van der Waals surface area contributed by atoms with Crippen molar-refractivity contribution >= 4 is 0 Å². The molecule has 1 aromatic rings. The number of pyridine rings is 1. The summed E-state index contributed by atoms with van der Waals surface area (Å²) in [7, 11) is 0. The number of hydrogen-bond donors (Lipinski definition) is 0. The van der Waals surface area contributed by atoms with Crippen molar-refractivity contribution in [2.45, 2.75) is 6.42 Å². The van der Waals surface area contributed by atoms with Crippen LogP contribution in [0.2, 0.25) is 0 Å². The molecule has 0 N–H and O–H groups in total. The predicted octanol–water partition coefficient (Wildman–Crippen LogP) is 2.92. The standard InChI is InChI=1S/C12H13N/c1-3-6-11(4-2)9-12-7-5-8-13-10-12/h3-8,10H,1-2,9H2/b11-6+. The van der Waals surface area contributed by atoms with Gasteiger partial charge in [-0.15, -0.1) is 0 Å². The molecule has 0 aliphatic carbocycles. The van der Waals surface area contributed by atoms with E-state index >= 15 is 0 Å². The van der Waals surface area contributed by atoms with E-state index in [0.29, 0.717) is 0 Å². The van der Waals surface area contributed by atoms with E-state index < -0.39 is 0 Å². The molecule has 13 heavy (non-hydrogen) atoms. The summed E-state index contributed by atoms with van der Waals surface area (Å²) in [5, 5.41) is 0. The lowest BCUT2D eigenvalue weighted by molar-refractivity contribution is 1.15. The van der Waals surface area contributed by atoms with E-state index in [2.05, 4.69) is 18.1 Å². The van der Waals surface area contributed by atoms with E-state index in [0.717, 1.165) is 12.0 Å². The van der Waals surface area contributed by atoms with Crippen LogP contribution in [0.25, 0.3) is 0 Å². The normalized spacial score (nSPS) is 10.9. The zero-order valence-corrected chi connectivity index (χ0v) is 7.61. The fourth-order valence-electron chi connectivity index (χ4n) is 1.09. The Morgan fingerprint density at radius 3 is 2.85 bits per heavy atom. The van der Waals surface area contributed by atoms with Crippen molar-refractivity contribution in [1.29, 1.82) is 0 Å². The molecule has 1 heterocycles. The molecule has 0 atom stereocenters. The second-order valence-corrected chi connectivity index (χ2v) is 2.72. The first kappa shape index (κ1) is 9.46. The minimum absolute atomic E-state index is 0.864. The Hall–Kier alpha value is -1.63. The summed E-state index contributed by atoms with van der Waals surface area (Å²) in [5.74, 6) is 0. The maximum atomic E-state index is 4.04. The molecule has 0 aliphatic rings. The largest absolute Gasteiger partial charge is 0.264 e. The molecule has 0 unspecified atom stereocenters.